The van der Waals surface area contributed by atoms with E-state index in [1.165, 1.54) is 24.1 Å². The fourth-order valence-corrected chi connectivity index (χ4v) is 3.30. The summed E-state index contributed by atoms with van der Waals surface area (Å²) in [6, 6.07) is 8.76. The first-order valence-electron chi connectivity index (χ1n) is 6.62. The number of nitrogens with zero attached hydrogens (tertiary/aromatic N) is 1. The van der Waals surface area contributed by atoms with Gasteiger partial charge in [0.2, 0.25) is 0 Å². The third kappa shape index (κ3) is 1.74. The second-order valence-electron chi connectivity index (χ2n) is 5.24. The predicted molar refractivity (Wildman–Crippen MR) is 71.4 cm³/mol. The molecule has 1 fully saturated rings. The van der Waals surface area contributed by atoms with Crippen molar-refractivity contribution in [3.8, 4) is 0 Å². The lowest BCUT2D eigenvalue weighted by Crippen LogP contribution is -2.61. The van der Waals surface area contributed by atoms with Crippen molar-refractivity contribution in [1.29, 1.82) is 0 Å². The smallest absolute Gasteiger partial charge is 0.0648 e. The van der Waals surface area contributed by atoms with Crippen LogP contribution in [0, 0.1) is 0 Å². The summed E-state index contributed by atoms with van der Waals surface area (Å²) >= 11 is 0. The molecule has 1 saturated heterocycles. The lowest BCUT2D eigenvalue weighted by Gasteiger charge is -2.45. The topological polar surface area (TPSA) is 41.3 Å². The van der Waals surface area contributed by atoms with Gasteiger partial charge in [0.25, 0.3) is 0 Å². The van der Waals surface area contributed by atoms with E-state index < -0.39 is 0 Å². The Kier molecular flexibility index (Phi) is 2.81. The minimum atomic E-state index is 0.144. The van der Waals surface area contributed by atoms with Crippen molar-refractivity contribution in [2.45, 2.75) is 24.8 Å². The van der Waals surface area contributed by atoms with Crippen LogP contribution in [0.1, 0.15) is 18.4 Å². The van der Waals surface area contributed by atoms with Crippen molar-refractivity contribution in [3.63, 3.8) is 0 Å². The number of benzene rings is 1. The number of para-hydroxylation sites is 1. The zero-order chi connectivity index (χ0) is 11.7. The van der Waals surface area contributed by atoms with Crippen molar-refractivity contribution in [1.82, 2.24) is 5.32 Å². The summed E-state index contributed by atoms with van der Waals surface area (Å²) in [5, 5.41) is 3.51. The zero-order valence-corrected chi connectivity index (χ0v) is 10.3. The lowest BCUT2D eigenvalue weighted by atomic mass is 9.88. The molecule has 3 nitrogen and oxygen atoms in total. The molecule has 0 radical (unpaired) electrons. The summed E-state index contributed by atoms with van der Waals surface area (Å²) in [7, 11) is 0. The van der Waals surface area contributed by atoms with Gasteiger partial charge >= 0.3 is 0 Å². The molecular formula is C14H21N3. The number of hydrogen-bond acceptors (Lipinski definition) is 3. The maximum Gasteiger partial charge on any atom is 0.0648 e. The molecule has 17 heavy (non-hydrogen) atoms. The van der Waals surface area contributed by atoms with E-state index in [2.05, 4.69) is 34.5 Å². The van der Waals surface area contributed by atoms with E-state index in [1.54, 1.807) is 0 Å². The summed E-state index contributed by atoms with van der Waals surface area (Å²) in [6.07, 6.45) is 3.61. The molecule has 0 saturated carbocycles. The standard InChI is InChI=1S/C14H21N3/c15-10-14(7-3-8-16-11-14)17-9-6-12-4-1-2-5-13(12)17/h1-2,4-5,16H,3,6-11,15H2. The molecule has 2 aliphatic rings. The van der Waals surface area contributed by atoms with Crippen LogP contribution in [0.5, 0.6) is 0 Å². The molecule has 1 unspecified atom stereocenters. The molecule has 92 valence electrons. The van der Waals surface area contributed by atoms with Crippen LogP contribution in [0.3, 0.4) is 0 Å². The summed E-state index contributed by atoms with van der Waals surface area (Å²) in [5.74, 6) is 0. The Morgan fingerprint density at radius 1 is 1.35 bits per heavy atom. The van der Waals surface area contributed by atoms with Gasteiger partial charge in [0, 0.05) is 25.3 Å². The molecule has 0 amide bonds. The molecule has 1 atom stereocenters. The highest BCUT2D eigenvalue weighted by atomic mass is 15.3. The van der Waals surface area contributed by atoms with Gasteiger partial charge in [0.15, 0.2) is 0 Å². The second kappa shape index (κ2) is 4.31. The van der Waals surface area contributed by atoms with Gasteiger partial charge in [0.1, 0.15) is 0 Å². The van der Waals surface area contributed by atoms with E-state index in [4.69, 9.17) is 5.73 Å². The van der Waals surface area contributed by atoms with Crippen molar-refractivity contribution < 1.29 is 0 Å². The van der Waals surface area contributed by atoms with Crippen LogP contribution >= 0.6 is 0 Å². The monoisotopic (exact) mass is 231 g/mol. The fraction of sp³-hybridized carbons (Fsp3) is 0.571. The van der Waals surface area contributed by atoms with Crippen molar-refractivity contribution in [3.05, 3.63) is 29.8 Å². The zero-order valence-electron chi connectivity index (χ0n) is 10.3. The van der Waals surface area contributed by atoms with E-state index in [1.807, 2.05) is 0 Å². The molecule has 0 bridgehead atoms. The Morgan fingerprint density at radius 3 is 3.00 bits per heavy atom. The maximum atomic E-state index is 6.09. The van der Waals surface area contributed by atoms with Gasteiger partial charge in [-0.25, -0.2) is 0 Å². The van der Waals surface area contributed by atoms with E-state index in [0.717, 1.165) is 32.6 Å². The summed E-state index contributed by atoms with van der Waals surface area (Å²) in [5.41, 5.74) is 9.12. The average molecular weight is 231 g/mol. The molecule has 2 heterocycles. The van der Waals surface area contributed by atoms with E-state index in [0.29, 0.717) is 0 Å². The number of hydrogen-bond donors (Lipinski definition) is 2. The van der Waals surface area contributed by atoms with Crippen LogP contribution in [-0.4, -0.2) is 31.7 Å². The SMILES string of the molecule is NCC1(N2CCc3ccccc32)CCCNC1. The van der Waals surface area contributed by atoms with E-state index in [-0.39, 0.29) is 5.54 Å². The molecule has 3 rings (SSSR count). The number of anilines is 1. The molecule has 2 aliphatic heterocycles. The molecular weight excluding hydrogens is 210 g/mol. The van der Waals surface area contributed by atoms with Crippen molar-refractivity contribution in [2.75, 3.05) is 31.1 Å². The minimum absolute atomic E-state index is 0.144. The first kappa shape index (κ1) is 11.1. The van der Waals surface area contributed by atoms with Crippen molar-refractivity contribution >= 4 is 5.69 Å². The quantitative estimate of drug-likeness (QED) is 0.801. The number of rotatable bonds is 2. The normalized spacial score (nSPS) is 28.2. The largest absolute Gasteiger partial charge is 0.363 e. The first-order valence-corrected chi connectivity index (χ1v) is 6.62. The molecule has 3 heteroatoms. The highest BCUT2D eigenvalue weighted by molar-refractivity contribution is 5.60. The van der Waals surface area contributed by atoms with Crippen LogP contribution < -0.4 is 16.0 Å². The molecule has 3 N–H and O–H groups in total. The Labute approximate surface area is 103 Å². The summed E-state index contributed by atoms with van der Waals surface area (Å²) < 4.78 is 0. The van der Waals surface area contributed by atoms with E-state index in [9.17, 15) is 0 Å². The van der Waals surface area contributed by atoms with Crippen LogP contribution in [0.25, 0.3) is 0 Å². The third-order valence-corrected chi connectivity index (χ3v) is 4.29. The molecule has 0 aliphatic carbocycles. The Morgan fingerprint density at radius 2 is 2.24 bits per heavy atom. The number of nitrogens with one attached hydrogen (secondary N) is 1. The molecule has 1 aromatic rings. The van der Waals surface area contributed by atoms with Crippen LogP contribution in [0.2, 0.25) is 0 Å². The Balaban J connectivity index is 1.94. The minimum Gasteiger partial charge on any atom is -0.363 e. The van der Waals surface area contributed by atoms with Gasteiger partial charge < -0.3 is 16.0 Å². The number of nitrogens with two attached hydrogens (primary N) is 1. The van der Waals surface area contributed by atoms with Gasteiger partial charge in [-0.3, -0.25) is 0 Å². The van der Waals surface area contributed by atoms with Gasteiger partial charge in [-0.2, -0.15) is 0 Å². The second-order valence-corrected chi connectivity index (χ2v) is 5.24. The molecule has 0 spiro atoms. The van der Waals surface area contributed by atoms with Gasteiger partial charge in [0.05, 0.1) is 5.54 Å². The molecule has 0 aromatic heterocycles. The Bertz CT molecular complexity index is 396. The summed E-state index contributed by atoms with van der Waals surface area (Å²) in [4.78, 5) is 2.55. The van der Waals surface area contributed by atoms with E-state index >= 15 is 0 Å². The highest BCUT2D eigenvalue weighted by Gasteiger charge is 2.39. The molecule has 1 aromatic carbocycles. The average Bonchev–Trinajstić information content (AvgIpc) is 2.84. The van der Waals surface area contributed by atoms with Gasteiger partial charge in [-0.15, -0.1) is 0 Å². The van der Waals surface area contributed by atoms with Gasteiger partial charge in [-0.1, -0.05) is 18.2 Å². The number of piperidine rings is 1. The maximum absolute atomic E-state index is 6.09. The predicted octanol–water partition coefficient (Wildman–Crippen LogP) is 1.13. The third-order valence-electron chi connectivity index (χ3n) is 4.29. The summed E-state index contributed by atoms with van der Waals surface area (Å²) in [6.45, 7) is 4.03. The van der Waals surface area contributed by atoms with Crippen LogP contribution in [-0.2, 0) is 6.42 Å². The van der Waals surface area contributed by atoms with Crippen LogP contribution in [0.15, 0.2) is 24.3 Å². The van der Waals surface area contributed by atoms with Gasteiger partial charge in [-0.05, 0) is 37.4 Å². The lowest BCUT2D eigenvalue weighted by molar-refractivity contribution is 0.303. The van der Waals surface area contributed by atoms with Crippen LogP contribution in [0.4, 0.5) is 5.69 Å². The number of fused-ring (bicyclic) bond motifs is 1. The highest BCUT2D eigenvalue weighted by Crippen LogP contribution is 2.36. The fourth-order valence-electron chi connectivity index (χ4n) is 3.30. The Hall–Kier alpha value is -1.06. The van der Waals surface area contributed by atoms with Crippen molar-refractivity contribution in [2.24, 2.45) is 5.73 Å². The first-order chi connectivity index (χ1) is 8.36.